The molecule has 0 unspecified atom stereocenters. The molecule has 2 rings (SSSR count). The average molecular weight is 334 g/mol. The molecule has 1 heterocycles. The fourth-order valence-electron chi connectivity index (χ4n) is 1.55. The summed E-state index contributed by atoms with van der Waals surface area (Å²) in [6.45, 7) is -0.156. The van der Waals surface area contributed by atoms with E-state index in [4.69, 9.17) is 16.7 Å². The van der Waals surface area contributed by atoms with Gasteiger partial charge in [-0.1, -0.05) is 11.6 Å². The maximum absolute atomic E-state index is 14.0. The van der Waals surface area contributed by atoms with Crippen LogP contribution in [0, 0.1) is 5.82 Å². The smallest absolute Gasteiger partial charge is 0.338 e. The van der Waals surface area contributed by atoms with E-state index in [2.05, 4.69) is 14.9 Å². The van der Waals surface area contributed by atoms with Crippen LogP contribution in [-0.2, 0) is 16.6 Å². The van der Waals surface area contributed by atoms with Gasteiger partial charge in [-0.25, -0.2) is 22.3 Å². The largest absolute Gasteiger partial charge is 0.478 e. The fraction of sp³-hybridized carbons (Fsp3) is 0.0909. The van der Waals surface area contributed by atoms with Crippen molar-refractivity contribution in [1.82, 2.24) is 14.9 Å². The average Bonchev–Trinajstić information content (AvgIpc) is 2.91. The molecule has 3 N–H and O–H groups in total. The van der Waals surface area contributed by atoms with Crippen molar-refractivity contribution in [2.24, 2.45) is 0 Å². The van der Waals surface area contributed by atoms with Crippen LogP contribution in [-0.4, -0.2) is 29.7 Å². The Bertz CT molecular complexity index is 777. The predicted molar refractivity (Wildman–Crippen MR) is 71.0 cm³/mol. The normalized spacial score (nSPS) is 11.5. The Labute approximate surface area is 123 Å². The summed E-state index contributed by atoms with van der Waals surface area (Å²) in [6, 6.07) is 3.21. The van der Waals surface area contributed by atoms with Gasteiger partial charge in [0.1, 0.15) is 4.90 Å². The van der Waals surface area contributed by atoms with Crippen LogP contribution in [0.1, 0.15) is 16.1 Å². The molecule has 10 heteroatoms. The Morgan fingerprint density at radius 2 is 2.19 bits per heavy atom. The number of halogens is 2. The number of aromatic nitrogens is 2. The van der Waals surface area contributed by atoms with Crippen molar-refractivity contribution in [3.8, 4) is 0 Å². The van der Waals surface area contributed by atoms with Gasteiger partial charge in [0.25, 0.3) is 0 Å². The van der Waals surface area contributed by atoms with Gasteiger partial charge in [0.2, 0.25) is 10.0 Å². The van der Waals surface area contributed by atoms with Crippen LogP contribution in [0.3, 0.4) is 0 Å². The number of benzene rings is 1. The third-order valence-corrected chi connectivity index (χ3v) is 4.15. The molecule has 1 aromatic heterocycles. The van der Waals surface area contributed by atoms with Gasteiger partial charge in [0.05, 0.1) is 17.8 Å². The number of carboxylic acids is 1. The number of hydrogen-bond acceptors (Lipinski definition) is 4. The van der Waals surface area contributed by atoms with Gasteiger partial charge >= 0.3 is 5.97 Å². The van der Waals surface area contributed by atoms with Crippen molar-refractivity contribution in [3.63, 3.8) is 0 Å². The number of carbonyl (C=O) groups is 1. The zero-order chi connectivity index (χ0) is 15.6. The maximum atomic E-state index is 14.0. The molecule has 0 aliphatic heterocycles. The first kappa shape index (κ1) is 15.4. The van der Waals surface area contributed by atoms with E-state index in [1.807, 2.05) is 0 Å². The summed E-state index contributed by atoms with van der Waals surface area (Å²) in [5.74, 6) is -2.98. The lowest BCUT2D eigenvalue weighted by Crippen LogP contribution is -2.25. The highest BCUT2D eigenvalue weighted by atomic mass is 35.5. The topological polar surface area (TPSA) is 112 Å². The predicted octanol–water partition coefficient (Wildman–Crippen LogP) is 1.38. The van der Waals surface area contributed by atoms with E-state index >= 15 is 0 Å². The van der Waals surface area contributed by atoms with Crippen LogP contribution < -0.4 is 4.72 Å². The summed E-state index contributed by atoms with van der Waals surface area (Å²) in [6.07, 6.45) is 1.42. The van der Waals surface area contributed by atoms with Crippen LogP contribution in [0.15, 0.2) is 29.3 Å². The Kier molecular flexibility index (Phi) is 4.26. The third kappa shape index (κ3) is 3.38. The zero-order valence-corrected chi connectivity index (χ0v) is 11.9. The van der Waals surface area contributed by atoms with E-state index in [1.165, 1.54) is 12.3 Å². The minimum Gasteiger partial charge on any atom is -0.478 e. The van der Waals surface area contributed by atoms with Crippen molar-refractivity contribution >= 4 is 27.6 Å². The molecule has 0 saturated heterocycles. The lowest BCUT2D eigenvalue weighted by Gasteiger charge is -2.09. The van der Waals surface area contributed by atoms with Crippen LogP contribution in [0.5, 0.6) is 0 Å². The van der Waals surface area contributed by atoms with E-state index in [9.17, 15) is 17.6 Å². The lowest BCUT2D eigenvalue weighted by atomic mass is 10.2. The number of H-pyrrole nitrogens is 1. The number of aromatic amines is 1. The summed E-state index contributed by atoms with van der Waals surface area (Å²) in [5, 5.41) is 14.8. The number of hydrogen-bond donors (Lipinski definition) is 3. The minimum absolute atomic E-state index is 0.156. The molecule has 1 aromatic carbocycles. The third-order valence-electron chi connectivity index (χ3n) is 2.53. The number of carboxylic acid groups (broad SMARTS) is 1. The summed E-state index contributed by atoms with van der Waals surface area (Å²) in [5.41, 5.74) is -0.358. The molecular weight excluding hydrogens is 325 g/mol. The number of nitrogens with one attached hydrogen (secondary N) is 2. The first-order chi connectivity index (χ1) is 9.81. The molecule has 112 valence electrons. The van der Waals surface area contributed by atoms with E-state index in [1.54, 1.807) is 0 Å². The van der Waals surface area contributed by atoms with Crippen LogP contribution >= 0.6 is 11.6 Å². The number of sulfonamides is 1. The van der Waals surface area contributed by atoms with Crippen LogP contribution in [0.2, 0.25) is 5.02 Å². The van der Waals surface area contributed by atoms with Crippen LogP contribution in [0.25, 0.3) is 0 Å². The lowest BCUT2D eigenvalue weighted by molar-refractivity contribution is 0.0691. The number of rotatable bonds is 5. The second-order valence-electron chi connectivity index (χ2n) is 3.98. The SMILES string of the molecule is O=C(O)c1cc(Cl)cc(S(=O)(=O)NCc2ccn[nH]2)c1F. The van der Waals surface area contributed by atoms with Crippen molar-refractivity contribution in [1.29, 1.82) is 0 Å². The molecule has 0 fully saturated rings. The Hall–Kier alpha value is -1.97. The molecule has 0 amide bonds. The summed E-state index contributed by atoms with van der Waals surface area (Å²) in [4.78, 5) is 10.0. The summed E-state index contributed by atoms with van der Waals surface area (Å²) in [7, 11) is -4.27. The second-order valence-corrected chi connectivity index (χ2v) is 6.15. The molecule has 0 atom stereocenters. The summed E-state index contributed by atoms with van der Waals surface area (Å²) >= 11 is 5.63. The standard InChI is InChI=1S/C11H9ClFN3O4S/c12-6-3-8(11(17)18)10(13)9(4-6)21(19,20)15-5-7-1-2-14-16-7/h1-4,15H,5H2,(H,14,16)(H,17,18). The highest BCUT2D eigenvalue weighted by Gasteiger charge is 2.25. The van der Waals surface area contributed by atoms with Gasteiger partial charge < -0.3 is 5.11 Å². The number of aromatic carboxylic acids is 1. The van der Waals surface area contributed by atoms with E-state index in [0.29, 0.717) is 5.69 Å². The molecule has 21 heavy (non-hydrogen) atoms. The van der Waals surface area contributed by atoms with Crippen molar-refractivity contribution in [2.75, 3.05) is 0 Å². The Morgan fingerprint density at radius 1 is 1.48 bits per heavy atom. The quantitative estimate of drug-likeness (QED) is 0.765. The maximum Gasteiger partial charge on any atom is 0.338 e. The van der Waals surface area contributed by atoms with Gasteiger partial charge in [-0.15, -0.1) is 0 Å². The molecule has 7 nitrogen and oxygen atoms in total. The highest BCUT2D eigenvalue weighted by molar-refractivity contribution is 7.89. The molecule has 0 bridgehead atoms. The van der Waals surface area contributed by atoms with Gasteiger partial charge in [0.15, 0.2) is 5.82 Å². The fourth-order valence-corrected chi connectivity index (χ4v) is 2.96. The van der Waals surface area contributed by atoms with Gasteiger partial charge in [-0.05, 0) is 18.2 Å². The van der Waals surface area contributed by atoms with Crippen molar-refractivity contribution in [2.45, 2.75) is 11.4 Å². The minimum atomic E-state index is -4.27. The van der Waals surface area contributed by atoms with E-state index < -0.39 is 32.3 Å². The van der Waals surface area contributed by atoms with Gasteiger partial charge in [-0.2, -0.15) is 5.10 Å². The molecule has 0 aliphatic rings. The molecular formula is C11H9ClFN3O4S. The zero-order valence-electron chi connectivity index (χ0n) is 10.3. The monoisotopic (exact) mass is 333 g/mol. The first-order valence-corrected chi connectivity index (χ1v) is 7.37. The number of nitrogens with zero attached hydrogens (tertiary/aromatic N) is 1. The van der Waals surface area contributed by atoms with Crippen LogP contribution in [0.4, 0.5) is 4.39 Å². The van der Waals surface area contributed by atoms with Gasteiger partial charge in [-0.3, -0.25) is 5.10 Å². The molecule has 2 aromatic rings. The Balaban J connectivity index is 2.37. The molecule has 0 spiro atoms. The molecule has 0 radical (unpaired) electrons. The molecule has 0 saturated carbocycles. The van der Waals surface area contributed by atoms with Crippen molar-refractivity contribution in [3.05, 3.63) is 46.5 Å². The van der Waals surface area contributed by atoms with E-state index in [-0.39, 0.29) is 11.6 Å². The van der Waals surface area contributed by atoms with Crippen molar-refractivity contribution < 1.29 is 22.7 Å². The first-order valence-electron chi connectivity index (χ1n) is 5.51. The Morgan fingerprint density at radius 3 is 2.76 bits per heavy atom. The second kappa shape index (κ2) is 5.80. The van der Waals surface area contributed by atoms with E-state index in [0.717, 1.165) is 12.1 Å². The van der Waals surface area contributed by atoms with Gasteiger partial charge in [0, 0.05) is 11.2 Å². The highest BCUT2D eigenvalue weighted by Crippen LogP contribution is 2.24. The molecule has 0 aliphatic carbocycles. The summed E-state index contributed by atoms with van der Waals surface area (Å²) < 4.78 is 40.2.